The summed E-state index contributed by atoms with van der Waals surface area (Å²) in [6, 6.07) is 20.0. The summed E-state index contributed by atoms with van der Waals surface area (Å²) < 4.78 is 22.8. The smallest absolute Gasteiger partial charge is 0.151 e. The number of sulfone groups is 1. The maximum Gasteiger partial charge on any atom is 0.151 e. The molecule has 0 bridgehead atoms. The van der Waals surface area contributed by atoms with Gasteiger partial charge in [-0.15, -0.1) is 0 Å². The Bertz CT molecular complexity index is 1030. The molecule has 0 unspecified atom stereocenters. The number of halogens is 1. The SMILES string of the molecule is Cc1cc(Cl)c(-c2ccc(-c3ccc(CS(C)(=O)=O)cc3)cc2)cc1C. The lowest BCUT2D eigenvalue weighted by molar-refractivity contribution is 0.601. The highest BCUT2D eigenvalue weighted by atomic mass is 35.5. The zero-order valence-corrected chi connectivity index (χ0v) is 16.7. The highest BCUT2D eigenvalue weighted by Gasteiger charge is 2.08. The first kappa shape index (κ1) is 18.7. The van der Waals surface area contributed by atoms with Crippen LogP contribution in [-0.2, 0) is 15.6 Å². The van der Waals surface area contributed by atoms with Gasteiger partial charge in [0.2, 0.25) is 0 Å². The van der Waals surface area contributed by atoms with Crippen LogP contribution in [0.3, 0.4) is 0 Å². The van der Waals surface area contributed by atoms with Crippen molar-refractivity contribution in [2.24, 2.45) is 0 Å². The van der Waals surface area contributed by atoms with E-state index in [4.69, 9.17) is 11.6 Å². The minimum Gasteiger partial charge on any atom is -0.229 e. The summed E-state index contributed by atoms with van der Waals surface area (Å²) >= 11 is 6.41. The van der Waals surface area contributed by atoms with Crippen molar-refractivity contribution in [1.29, 1.82) is 0 Å². The number of rotatable bonds is 4. The van der Waals surface area contributed by atoms with Gasteiger partial charge in [-0.1, -0.05) is 60.1 Å². The molecule has 0 saturated carbocycles. The fourth-order valence-corrected chi connectivity index (χ4v) is 4.07. The average Bonchev–Trinajstić information content (AvgIpc) is 2.58. The molecule has 2 nitrogen and oxygen atoms in total. The van der Waals surface area contributed by atoms with Crippen LogP contribution in [0.1, 0.15) is 16.7 Å². The van der Waals surface area contributed by atoms with E-state index >= 15 is 0 Å². The zero-order chi connectivity index (χ0) is 18.9. The zero-order valence-electron chi connectivity index (χ0n) is 15.1. The van der Waals surface area contributed by atoms with Crippen molar-refractivity contribution in [3.8, 4) is 22.3 Å². The molecule has 0 heterocycles. The minimum absolute atomic E-state index is 0.0670. The summed E-state index contributed by atoms with van der Waals surface area (Å²) in [4.78, 5) is 0. The average molecular weight is 385 g/mol. The number of benzene rings is 3. The Kier molecular flexibility index (Phi) is 5.22. The fraction of sp³-hybridized carbons (Fsp3) is 0.182. The van der Waals surface area contributed by atoms with Gasteiger partial charge in [0.15, 0.2) is 9.84 Å². The molecule has 0 amide bonds. The summed E-state index contributed by atoms with van der Waals surface area (Å²) in [5.41, 5.74) is 7.45. The molecule has 4 heteroatoms. The minimum atomic E-state index is -3.01. The molecular formula is C22H21ClO2S. The molecule has 0 atom stereocenters. The standard InChI is InChI=1S/C22H21ClO2S/c1-15-12-21(22(23)13-16(15)2)20-10-8-19(9-11-20)18-6-4-17(5-7-18)14-26(3,24)25/h4-13H,14H2,1-3H3. The molecule has 0 N–H and O–H groups in total. The molecule has 3 aromatic rings. The van der Waals surface area contributed by atoms with Crippen molar-refractivity contribution in [3.63, 3.8) is 0 Å². The van der Waals surface area contributed by atoms with Crippen molar-refractivity contribution >= 4 is 21.4 Å². The number of hydrogen-bond donors (Lipinski definition) is 0. The molecule has 0 fully saturated rings. The lowest BCUT2D eigenvalue weighted by atomic mass is 9.97. The predicted molar refractivity (Wildman–Crippen MR) is 110 cm³/mol. The molecule has 3 rings (SSSR count). The molecular weight excluding hydrogens is 364 g/mol. The molecule has 0 radical (unpaired) electrons. The molecule has 0 spiro atoms. The lowest BCUT2D eigenvalue weighted by Gasteiger charge is -2.10. The van der Waals surface area contributed by atoms with Crippen LogP contribution in [0, 0.1) is 13.8 Å². The van der Waals surface area contributed by atoms with Gasteiger partial charge in [-0.05, 0) is 59.4 Å². The second kappa shape index (κ2) is 7.26. The normalized spacial score (nSPS) is 11.5. The first-order chi connectivity index (χ1) is 12.2. The Morgan fingerprint density at radius 2 is 1.23 bits per heavy atom. The number of aryl methyl sites for hydroxylation is 2. The van der Waals surface area contributed by atoms with Gasteiger partial charge >= 0.3 is 0 Å². The maximum absolute atomic E-state index is 11.4. The van der Waals surface area contributed by atoms with E-state index in [0.717, 1.165) is 32.8 Å². The topological polar surface area (TPSA) is 34.1 Å². The van der Waals surface area contributed by atoms with Gasteiger partial charge < -0.3 is 0 Å². The van der Waals surface area contributed by atoms with Crippen molar-refractivity contribution in [2.45, 2.75) is 19.6 Å². The van der Waals surface area contributed by atoms with E-state index in [1.165, 1.54) is 17.4 Å². The van der Waals surface area contributed by atoms with Crippen molar-refractivity contribution < 1.29 is 8.42 Å². The van der Waals surface area contributed by atoms with Gasteiger partial charge in [0.1, 0.15) is 0 Å². The maximum atomic E-state index is 11.4. The van der Waals surface area contributed by atoms with Crippen LogP contribution in [0.15, 0.2) is 60.7 Å². The first-order valence-corrected chi connectivity index (χ1v) is 10.8. The van der Waals surface area contributed by atoms with E-state index in [2.05, 4.69) is 44.2 Å². The summed E-state index contributed by atoms with van der Waals surface area (Å²) in [7, 11) is -3.01. The van der Waals surface area contributed by atoms with E-state index in [9.17, 15) is 8.42 Å². The highest BCUT2D eigenvalue weighted by molar-refractivity contribution is 7.89. The summed E-state index contributed by atoms with van der Waals surface area (Å²) in [6.07, 6.45) is 1.25. The first-order valence-electron chi connectivity index (χ1n) is 8.37. The third-order valence-electron chi connectivity index (χ3n) is 4.50. The van der Waals surface area contributed by atoms with Crippen molar-refractivity contribution in [2.75, 3.05) is 6.26 Å². The molecule has 26 heavy (non-hydrogen) atoms. The molecule has 0 aliphatic heterocycles. The van der Waals surface area contributed by atoms with E-state index in [0.29, 0.717) is 0 Å². The van der Waals surface area contributed by atoms with E-state index in [-0.39, 0.29) is 5.75 Å². The Morgan fingerprint density at radius 3 is 1.77 bits per heavy atom. The van der Waals surface area contributed by atoms with Crippen molar-refractivity contribution in [1.82, 2.24) is 0 Å². The van der Waals surface area contributed by atoms with Gasteiger partial charge in [0.05, 0.1) is 5.75 Å². The summed E-state index contributed by atoms with van der Waals surface area (Å²) in [5.74, 6) is 0.0670. The quantitative estimate of drug-likeness (QED) is 0.566. The van der Waals surface area contributed by atoms with Gasteiger partial charge in [-0.2, -0.15) is 0 Å². The molecule has 0 saturated heterocycles. The molecule has 0 aliphatic carbocycles. The monoisotopic (exact) mass is 384 g/mol. The van der Waals surface area contributed by atoms with Crippen LogP contribution in [0.25, 0.3) is 22.3 Å². The third-order valence-corrected chi connectivity index (χ3v) is 5.67. The summed E-state index contributed by atoms with van der Waals surface area (Å²) in [6.45, 7) is 4.14. The third kappa shape index (κ3) is 4.35. The Morgan fingerprint density at radius 1 is 0.769 bits per heavy atom. The van der Waals surface area contributed by atoms with Crippen molar-refractivity contribution in [3.05, 3.63) is 82.4 Å². The second-order valence-corrected chi connectivity index (χ2v) is 9.31. The van der Waals surface area contributed by atoms with E-state index in [1.54, 1.807) is 0 Å². The van der Waals surface area contributed by atoms with Gasteiger partial charge in [0.25, 0.3) is 0 Å². The van der Waals surface area contributed by atoms with Crippen LogP contribution in [0.2, 0.25) is 5.02 Å². The van der Waals surface area contributed by atoms with Crippen LogP contribution in [0.4, 0.5) is 0 Å². The van der Waals surface area contributed by atoms with Crippen LogP contribution in [0.5, 0.6) is 0 Å². The number of hydrogen-bond acceptors (Lipinski definition) is 2. The molecule has 0 aromatic heterocycles. The molecule has 134 valence electrons. The predicted octanol–water partition coefficient (Wildman–Crippen LogP) is 5.84. The van der Waals surface area contributed by atoms with Crippen LogP contribution >= 0.6 is 11.6 Å². The van der Waals surface area contributed by atoms with Gasteiger partial charge in [0, 0.05) is 16.8 Å². The second-order valence-electron chi connectivity index (χ2n) is 6.76. The largest absolute Gasteiger partial charge is 0.229 e. The van der Waals surface area contributed by atoms with Gasteiger partial charge in [-0.25, -0.2) is 8.42 Å². The van der Waals surface area contributed by atoms with Crippen LogP contribution in [-0.4, -0.2) is 14.7 Å². The Labute approximate surface area is 160 Å². The Balaban J connectivity index is 1.87. The summed E-state index contributed by atoms with van der Waals surface area (Å²) in [5, 5.41) is 0.756. The highest BCUT2D eigenvalue weighted by Crippen LogP contribution is 2.32. The fourth-order valence-electron chi connectivity index (χ4n) is 2.94. The van der Waals surface area contributed by atoms with E-state index < -0.39 is 9.84 Å². The van der Waals surface area contributed by atoms with Crippen LogP contribution < -0.4 is 0 Å². The Hall–Kier alpha value is -2.10. The lowest BCUT2D eigenvalue weighted by Crippen LogP contribution is -2.00. The van der Waals surface area contributed by atoms with Gasteiger partial charge in [-0.3, -0.25) is 0 Å². The molecule has 3 aromatic carbocycles. The molecule has 0 aliphatic rings. The van der Waals surface area contributed by atoms with E-state index in [1.807, 2.05) is 30.3 Å².